The van der Waals surface area contributed by atoms with Crippen molar-refractivity contribution in [3.8, 4) is 5.75 Å². The second-order valence-electron chi connectivity index (χ2n) is 6.97. The Hall–Kier alpha value is -3.23. The Morgan fingerprint density at radius 2 is 1.61 bits per heavy atom. The summed E-state index contributed by atoms with van der Waals surface area (Å²) in [5.74, 6) is -0.443. The van der Waals surface area contributed by atoms with E-state index in [9.17, 15) is 17.6 Å². The molecule has 0 saturated heterocycles. The van der Waals surface area contributed by atoms with Crippen molar-refractivity contribution in [3.05, 3.63) is 90.2 Å². The predicted molar refractivity (Wildman–Crippen MR) is 117 cm³/mol. The van der Waals surface area contributed by atoms with Crippen molar-refractivity contribution in [3.63, 3.8) is 0 Å². The largest absolute Gasteiger partial charge is 0.481 e. The minimum absolute atomic E-state index is 0.125. The third kappa shape index (κ3) is 5.90. The first-order valence-electron chi connectivity index (χ1n) is 9.59. The summed E-state index contributed by atoms with van der Waals surface area (Å²) in [7, 11) is -2.16. The molecule has 1 amide bonds. The van der Waals surface area contributed by atoms with Gasteiger partial charge >= 0.3 is 0 Å². The number of hydrogen-bond donors (Lipinski definition) is 1. The van der Waals surface area contributed by atoms with Crippen LogP contribution in [-0.4, -0.2) is 31.8 Å². The van der Waals surface area contributed by atoms with Gasteiger partial charge in [0.05, 0.1) is 4.90 Å². The molecule has 8 heteroatoms. The Balaban J connectivity index is 1.62. The van der Waals surface area contributed by atoms with E-state index in [0.717, 1.165) is 5.56 Å². The molecule has 0 saturated carbocycles. The van der Waals surface area contributed by atoms with Crippen molar-refractivity contribution in [2.75, 3.05) is 12.4 Å². The molecule has 0 fully saturated rings. The number of hydrogen-bond acceptors (Lipinski definition) is 4. The summed E-state index contributed by atoms with van der Waals surface area (Å²) in [6, 6.07) is 20.6. The van der Waals surface area contributed by atoms with Crippen LogP contribution < -0.4 is 10.1 Å². The molecule has 0 spiro atoms. The topological polar surface area (TPSA) is 75.7 Å². The molecule has 162 valence electrons. The van der Waals surface area contributed by atoms with E-state index >= 15 is 0 Å². The first-order chi connectivity index (χ1) is 14.8. The normalized spacial score (nSPS) is 12.4. The van der Waals surface area contributed by atoms with Gasteiger partial charge in [-0.1, -0.05) is 30.3 Å². The molecule has 1 unspecified atom stereocenters. The molecule has 1 N–H and O–H groups in total. The highest BCUT2D eigenvalue weighted by molar-refractivity contribution is 7.89. The van der Waals surface area contributed by atoms with Crippen LogP contribution in [0.25, 0.3) is 0 Å². The fourth-order valence-corrected chi connectivity index (χ4v) is 3.99. The summed E-state index contributed by atoms with van der Waals surface area (Å²) in [4.78, 5) is 12.5. The van der Waals surface area contributed by atoms with Crippen LogP contribution in [0.1, 0.15) is 12.5 Å². The summed E-state index contributed by atoms with van der Waals surface area (Å²) in [6.07, 6.45) is -0.828. The first kappa shape index (κ1) is 22.5. The number of sulfonamides is 1. The van der Waals surface area contributed by atoms with Gasteiger partial charge in [-0.05, 0) is 61.0 Å². The zero-order valence-corrected chi connectivity index (χ0v) is 18.0. The molecular formula is C23H23FN2O4S. The van der Waals surface area contributed by atoms with Crippen molar-refractivity contribution in [1.29, 1.82) is 0 Å². The van der Waals surface area contributed by atoms with Crippen molar-refractivity contribution >= 4 is 21.6 Å². The van der Waals surface area contributed by atoms with E-state index < -0.39 is 27.9 Å². The van der Waals surface area contributed by atoms with Crippen LogP contribution in [0, 0.1) is 5.82 Å². The van der Waals surface area contributed by atoms with Gasteiger partial charge in [0.25, 0.3) is 5.91 Å². The van der Waals surface area contributed by atoms with Crippen LogP contribution in [0.2, 0.25) is 0 Å². The van der Waals surface area contributed by atoms with Gasteiger partial charge < -0.3 is 10.1 Å². The number of rotatable bonds is 8. The summed E-state index contributed by atoms with van der Waals surface area (Å²) in [5, 5.41) is 2.67. The lowest BCUT2D eigenvalue weighted by Gasteiger charge is -2.18. The summed E-state index contributed by atoms with van der Waals surface area (Å²) in [6.45, 7) is 1.82. The van der Waals surface area contributed by atoms with Crippen molar-refractivity contribution in [2.24, 2.45) is 0 Å². The maximum atomic E-state index is 13.0. The number of carbonyl (C=O) groups is 1. The van der Waals surface area contributed by atoms with Crippen LogP contribution >= 0.6 is 0 Å². The first-order valence-corrected chi connectivity index (χ1v) is 11.0. The fourth-order valence-electron chi connectivity index (χ4n) is 2.83. The van der Waals surface area contributed by atoms with E-state index in [4.69, 9.17) is 4.74 Å². The second-order valence-corrected chi connectivity index (χ2v) is 9.02. The minimum atomic E-state index is -3.68. The van der Waals surface area contributed by atoms with E-state index in [1.54, 1.807) is 6.92 Å². The molecule has 3 aromatic rings. The molecule has 0 aliphatic rings. The Labute approximate surface area is 181 Å². The highest BCUT2D eigenvalue weighted by atomic mass is 32.2. The van der Waals surface area contributed by atoms with Crippen molar-refractivity contribution in [1.82, 2.24) is 4.31 Å². The SMILES string of the molecule is CC(Oc1ccc(F)cc1)C(=O)Nc1ccc(S(=O)(=O)N(C)Cc2ccccc2)cc1. The molecule has 0 radical (unpaired) electrons. The third-order valence-corrected chi connectivity index (χ3v) is 6.39. The second kappa shape index (κ2) is 9.72. The lowest BCUT2D eigenvalue weighted by atomic mass is 10.2. The van der Waals surface area contributed by atoms with Gasteiger partial charge in [0.1, 0.15) is 11.6 Å². The van der Waals surface area contributed by atoms with Crippen LogP contribution in [0.3, 0.4) is 0 Å². The molecule has 0 aromatic heterocycles. The van der Waals surface area contributed by atoms with Crippen LogP contribution in [0.5, 0.6) is 5.75 Å². The smallest absolute Gasteiger partial charge is 0.265 e. The number of benzene rings is 3. The predicted octanol–water partition coefficient (Wildman–Crippen LogP) is 4.05. The molecule has 1 atom stereocenters. The fraction of sp³-hybridized carbons (Fsp3) is 0.174. The van der Waals surface area contributed by atoms with Crippen molar-refractivity contribution < 1.29 is 22.3 Å². The maximum Gasteiger partial charge on any atom is 0.265 e. The molecule has 3 aromatic carbocycles. The van der Waals surface area contributed by atoms with Gasteiger partial charge in [-0.15, -0.1) is 0 Å². The van der Waals surface area contributed by atoms with E-state index in [-0.39, 0.29) is 11.4 Å². The molecule has 0 heterocycles. The number of anilines is 1. The van der Waals surface area contributed by atoms with Gasteiger partial charge in [-0.2, -0.15) is 4.31 Å². The number of nitrogens with zero attached hydrogens (tertiary/aromatic N) is 1. The Morgan fingerprint density at radius 3 is 2.23 bits per heavy atom. The lowest BCUT2D eigenvalue weighted by Crippen LogP contribution is -2.30. The zero-order chi connectivity index (χ0) is 22.4. The van der Waals surface area contributed by atoms with Gasteiger partial charge in [0.2, 0.25) is 10.0 Å². The van der Waals surface area contributed by atoms with Crippen LogP contribution in [0.4, 0.5) is 10.1 Å². The summed E-state index contributed by atoms with van der Waals surface area (Å²) < 4.78 is 45.3. The standard InChI is InChI=1S/C23H23FN2O4S/c1-17(30-21-12-8-19(24)9-13-21)23(27)25-20-10-14-22(15-11-20)31(28,29)26(2)16-18-6-4-3-5-7-18/h3-15,17H,16H2,1-2H3,(H,25,27). The Kier molecular flexibility index (Phi) is 7.04. The van der Waals surface area contributed by atoms with Crippen LogP contribution in [-0.2, 0) is 21.4 Å². The van der Waals surface area contributed by atoms with E-state index in [0.29, 0.717) is 11.4 Å². The average Bonchev–Trinajstić information content (AvgIpc) is 2.76. The molecule has 0 aliphatic heterocycles. The van der Waals surface area contributed by atoms with Crippen molar-refractivity contribution in [2.45, 2.75) is 24.5 Å². The summed E-state index contributed by atoms with van der Waals surface area (Å²) >= 11 is 0. The highest BCUT2D eigenvalue weighted by Crippen LogP contribution is 2.20. The maximum absolute atomic E-state index is 13.0. The average molecular weight is 443 g/mol. The van der Waals surface area contributed by atoms with Crippen LogP contribution in [0.15, 0.2) is 83.8 Å². The number of ether oxygens (including phenoxy) is 1. The van der Waals surface area contributed by atoms with Gasteiger partial charge in [0, 0.05) is 19.3 Å². The van der Waals surface area contributed by atoms with Gasteiger partial charge in [-0.3, -0.25) is 4.79 Å². The van der Waals surface area contributed by atoms with E-state index in [2.05, 4.69) is 5.32 Å². The molecule has 31 heavy (non-hydrogen) atoms. The number of carbonyl (C=O) groups excluding carboxylic acids is 1. The molecular weight excluding hydrogens is 419 g/mol. The minimum Gasteiger partial charge on any atom is -0.481 e. The quantitative estimate of drug-likeness (QED) is 0.571. The number of halogens is 1. The highest BCUT2D eigenvalue weighted by Gasteiger charge is 2.21. The Bertz CT molecular complexity index is 1120. The monoisotopic (exact) mass is 442 g/mol. The molecule has 3 rings (SSSR count). The molecule has 6 nitrogen and oxygen atoms in total. The van der Waals surface area contributed by atoms with E-state index in [1.807, 2.05) is 30.3 Å². The summed E-state index contributed by atoms with van der Waals surface area (Å²) in [5.41, 5.74) is 1.32. The van der Waals surface area contributed by atoms with Gasteiger partial charge in [0.15, 0.2) is 6.10 Å². The van der Waals surface area contributed by atoms with Gasteiger partial charge in [-0.25, -0.2) is 12.8 Å². The molecule has 0 aliphatic carbocycles. The molecule has 0 bridgehead atoms. The lowest BCUT2D eigenvalue weighted by molar-refractivity contribution is -0.122. The van der Waals surface area contributed by atoms with E-state index in [1.165, 1.54) is 59.9 Å². The number of amides is 1. The zero-order valence-electron chi connectivity index (χ0n) is 17.2. The Morgan fingerprint density at radius 1 is 1.00 bits per heavy atom. The third-order valence-electron chi connectivity index (χ3n) is 4.57. The number of nitrogens with one attached hydrogen (secondary N) is 1.